The van der Waals surface area contributed by atoms with Crippen LogP contribution < -0.4 is 19.1 Å². The van der Waals surface area contributed by atoms with E-state index >= 15 is 0 Å². The van der Waals surface area contributed by atoms with Crippen LogP contribution in [0.3, 0.4) is 0 Å². The zero-order valence-corrected chi connectivity index (χ0v) is 24.1. The van der Waals surface area contributed by atoms with Gasteiger partial charge < -0.3 is 14.2 Å². The quantitative estimate of drug-likeness (QED) is 0.317. The smallest absolute Gasteiger partial charge is 0.252 e. The van der Waals surface area contributed by atoms with Gasteiger partial charge in [0.2, 0.25) is 15.9 Å². The largest absolute Gasteiger partial charge is 0.497 e. The highest BCUT2D eigenvalue weighted by atomic mass is 32.2. The highest BCUT2D eigenvalue weighted by Crippen LogP contribution is 2.32. The predicted molar refractivity (Wildman–Crippen MR) is 152 cm³/mol. The summed E-state index contributed by atoms with van der Waals surface area (Å²) in [5.74, 6) is 0.810. The number of sulfonamides is 1. The Kier molecular flexibility index (Phi) is 8.80. The molecule has 1 fully saturated rings. The van der Waals surface area contributed by atoms with Gasteiger partial charge >= 0.3 is 0 Å². The number of carbonyl (C=O) groups excluding carboxylic acids is 2. The van der Waals surface area contributed by atoms with E-state index in [0.717, 1.165) is 20.3 Å². The van der Waals surface area contributed by atoms with Gasteiger partial charge in [-0.05, 0) is 72.0 Å². The Hall–Kier alpha value is -3.89. The molecule has 0 saturated carbocycles. The summed E-state index contributed by atoms with van der Waals surface area (Å²) in [6.45, 7) is 4.07. The van der Waals surface area contributed by atoms with Crippen molar-refractivity contribution in [2.75, 3.05) is 32.8 Å². The topological polar surface area (TPSA) is 102 Å². The standard InChI is InChI=1S/C30H34N2O7S/c1-20(2)22-7-9-23(10-8-22)32-29(33)19-26(30(32)34)31(40(35,36)25-13-11-24(37-3)12-14-25)17-16-21-6-15-27(38-4)28(18-21)39-5/h6-15,18,20,26H,16-17,19H2,1-5H3. The minimum absolute atomic E-state index is 0.000553. The molecule has 40 heavy (non-hydrogen) atoms. The van der Waals surface area contributed by atoms with E-state index in [4.69, 9.17) is 14.2 Å². The minimum atomic E-state index is -4.17. The van der Waals surface area contributed by atoms with Crippen LogP contribution in [-0.2, 0) is 26.0 Å². The number of amides is 2. The van der Waals surface area contributed by atoms with Gasteiger partial charge in [-0.1, -0.05) is 32.0 Å². The first-order chi connectivity index (χ1) is 19.1. The van der Waals surface area contributed by atoms with E-state index in [-0.39, 0.29) is 30.2 Å². The zero-order chi connectivity index (χ0) is 29.0. The van der Waals surface area contributed by atoms with Crippen molar-refractivity contribution in [3.8, 4) is 17.2 Å². The van der Waals surface area contributed by atoms with Crippen molar-refractivity contribution >= 4 is 27.5 Å². The summed E-state index contributed by atoms with van der Waals surface area (Å²) in [5, 5.41) is 0. The first-order valence-corrected chi connectivity index (χ1v) is 14.4. The molecule has 1 heterocycles. The van der Waals surface area contributed by atoms with Crippen LogP contribution in [-0.4, -0.2) is 58.5 Å². The van der Waals surface area contributed by atoms with Crippen molar-refractivity contribution in [3.63, 3.8) is 0 Å². The van der Waals surface area contributed by atoms with E-state index in [9.17, 15) is 18.0 Å². The molecule has 1 unspecified atom stereocenters. The number of anilines is 1. The average Bonchev–Trinajstić information content (AvgIpc) is 3.25. The molecule has 2 amide bonds. The van der Waals surface area contributed by atoms with Gasteiger partial charge in [0, 0.05) is 6.54 Å². The van der Waals surface area contributed by atoms with Crippen molar-refractivity contribution in [1.82, 2.24) is 4.31 Å². The third-order valence-corrected chi connectivity index (χ3v) is 8.95. The summed E-state index contributed by atoms with van der Waals surface area (Å²) < 4.78 is 44.9. The van der Waals surface area contributed by atoms with E-state index in [1.54, 1.807) is 36.4 Å². The molecular formula is C30H34N2O7S. The second kappa shape index (κ2) is 12.1. The van der Waals surface area contributed by atoms with Crippen LogP contribution in [0.2, 0.25) is 0 Å². The van der Waals surface area contributed by atoms with Gasteiger partial charge in [0.1, 0.15) is 11.8 Å². The third-order valence-electron chi connectivity index (χ3n) is 7.02. The average molecular weight is 567 g/mol. The lowest BCUT2D eigenvalue weighted by molar-refractivity contribution is -0.122. The summed E-state index contributed by atoms with van der Waals surface area (Å²) >= 11 is 0. The van der Waals surface area contributed by atoms with Crippen molar-refractivity contribution in [1.29, 1.82) is 0 Å². The summed E-state index contributed by atoms with van der Waals surface area (Å²) in [5.41, 5.74) is 2.27. The van der Waals surface area contributed by atoms with Crippen molar-refractivity contribution in [2.45, 2.75) is 43.5 Å². The molecule has 0 spiro atoms. The van der Waals surface area contributed by atoms with E-state index in [1.165, 1.54) is 33.5 Å². The summed E-state index contributed by atoms with van der Waals surface area (Å²) in [4.78, 5) is 27.9. The van der Waals surface area contributed by atoms with Crippen LogP contribution >= 0.6 is 0 Å². The number of rotatable bonds is 11. The molecule has 1 saturated heterocycles. The van der Waals surface area contributed by atoms with Crippen molar-refractivity contribution in [2.24, 2.45) is 0 Å². The Morgan fingerprint density at radius 2 is 1.52 bits per heavy atom. The molecule has 9 nitrogen and oxygen atoms in total. The Morgan fingerprint density at radius 1 is 0.875 bits per heavy atom. The lowest BCUT2D eigenvalue weighted by atomic mass is 10.0. The number of imide groups is 1. The minimum Gasteiger partial charge on any atom is -0.497 e. The van der Waals surface area contributed by atoms with Crippen LogP contribution in [0.5, 0.6) is 17.2 Å². The Morgan fingerprint density at radius 3 is 2.10 bits per heavy atom. The fourth-order valence-electron chi connectivity index (χ4n) is 4.72. The normalized spacial score (nSPS) is 15.7. The number of carbonyl (C=O) groups is 2. The van der Waals surface area contributed by atoms with Gasteiger partial charge in [-0.3, -0.25) is 9.59 Å². The summed E-state index contributed by atoms with van der Waals surface area (Å²) in [7, 11) is 0.378. The zero-order valence-electron chi connectivity index (χ0n) is 23.3. The first-order valence-electron chi connectivity index (χ1n) is 12.9. The van der Waals surface area contributed by atoms with E-state index in [0.29, 0.717) is 22.9 Å². The molecule has 0 radical (unpaired) electrons. The number of nitrogens with zero attached hydrogens (tertiary/aromatic N) is 2. The van der Waals surface area contributed by atoms with E-state index in [2.05, 4.69) is 13.8 Å². The lowest BCUT2D eigenvalue weighted by Gasteiger charge is -2.27. The SMILES string of the molecule is COc1ccc(S(=O)(=O)N(CCc2ccc(OC)c(OC)c2)C2CC(=O)N(c3ccc(C(C)C)cc3)C2=O)cc1. The van der Waals surface area contributed by atoms with Crippen molar-refractivity contribution in [3.05, 3.63) is 77.9 Å². The number of ether oxygens (including phenoxy) is 3. The predicted octanol–water partition coefficient (Wildman–Crippen LogP) is 4.40. The fraction of sp³-hybridized carbons (Fsp3) is 0.333. The summed E-state index contributed by atoms with van der Waals surface area (Å²) in [6.07, 6.45) is 0.0167. The molecule has 10 heteroatoms. The van der Waals surface area contributed by atoms with Crippen LogP contribution in [0.1, 0.15) is 37.3 Å². The number of methoxy groups -OCH3 is 3. The molecule has 1 aliphatic heterocycles. The van der Waals surface area contributed by atoms with Crippen molar-refractivity contribution < 1.29 is 32.2 Å². The monoisotopic (exact) mass is 566 g/mol. The molecule has 1 aliphatic rings. The Bertz CT molecular complexity index is 1470. The van der Waals surface area contributed by atoms with Gasteiger partial charge in [-0.25, -0.2) is 13.3 Å². The van der Waals surface area contributed by atoms with Crippen LogP contribution in [0, 0.1) is 0 Å². The highest BCUT2D eigenvalue weighted by Gasteiger charge is 2.46. The molecule has 0 bridgehead atoms. The molecule has 0 aromatic heterocycles. The maximum absolute atomic E-state index is 13.9. The maximum Gasteiger partial charge on any atom is 0.252 e. The first kappa shape index (κ1) is 29.1. The maximum atomic E-state index is 13.9. The third kappa shape index (κ3) is 5.83. The molecule has 3 aromatic rings. The molecule has 0 N–H and O–H groups in total. The molecule has 3 aromatic carbocycles. The Labute approximate surface area is 235 Å². The number of hydrogen-bond acceptors (Lipinski definition) is 7. The molecular weight excluding hydrogens is 532 g/mol. The van der Waals surface area contributed by atoms with Crippen LogP contribution in [0.25, 0.3) is 0 Å². The second-order valence-corrected chi connectivity index (χ2v) is 11.7. The Balaban J connectivity index is 1.68. The van der Waals surface area contributed by atoms with Gasteiger partial charge in [-0.15, -0.1) is 0 Å². The van der Waals surface area contributed by atoms with Gasteiger partial charge in [0.15, 0.2) is 11.5 Å². The highest BCUT2D eigenvalue weighted by molar-refractivity contribution is 7.89. The van der Waals surface area contributed by atoms with E-state index in [1.807, 2.05) is 18.2 Å². The number of benzene rings is 3. The second-order valence-electron chi connectivity index (χ2n) is 9.76. The van der Waals surface area contributed by atoms with Gasteiger partial charge in [-0.2, -0.15) is 4.31 Å². The summed E-state index contributed by atoms with van der Waals surface area (Å²) in [6, 6.07) is 17.3. The molecule has 212 valence electrons. The van der Waals surface area contributed by atoms with Gasteiger partial charge in [0.25, 0.3) is 5.91 Å². The van der Waals surface area contributed by atoms with Crippen LogP contribution in [0.15, 0.2) is 71.6 Å². The molecule has 4 rings (SSSR count). The molecule has 1 atom stereocenters. The molecule has 0 aliphatic carbocycles. The lowest BCUT2D eigenvalue weighted by Crippen LogP contribution is -2.46. The fourth-order valence-corrected chi connectivity index (χ4v) is 6.30. The van der Waals surface area contributed by atoms with Gasteiger partial charge in [0.05, 0.1) is 38.3 Å². The number of hydrogen-bond donors (Lipinski definition) is 0. The van der Waals surface area contributed by atoms with Crippen LogP contribution in [0.4, 0.5) is 5.69 Å². The van der Waals surface area contributed by atoms with E-state index < -0.39 is 27.9 Å².